The van der Waals surface area contributed by atoms with Crippen LogP contribution in [-0.2, 0) is 16.1 Å². The maximum absolute atomic E-state index is 12.4. The van der Waals surface area contributed by atoms with Gasteiger partial charge in [0.15, 0.2) is 5.96 Å². The third kappa shape index (κ3) is 6.86. The second-order valence-electron chi connectivity index (χ2n) is 7.11. The first kappa shape index (κ1) is 25.0. The quantitative estimate of drug-likeness (QED) is 0.340. The van der Waals surface area contributed by atoms with E-state index in [9.17, 15) is 4.79 Å². The van der Waals surface area contributed by atoms with Gasteiger partial charge in [0.05, 0.1) is 26.9 Å². The Morgan fingerprint density at radius 2 is 1.87 bits per heavy atom. The Morgan fingerprint density at radius 3 is 2.50 bits per heavy atom. The lowest BCUT2D eigenvalue weighted by atomic mass is 10.2. The van der Waals surface area contributed by atoms with Gasteiger partial charge in [-0.25, -0.2) is 0 Å². The summed E-state index contributed by atoms with van der Waals surface area (Å²) < 4.78 is 10.7. The Balaban J connectivity index is 0.00000320. The van der Waals surface area contributed by atoms with Gasteiger partial charge >= 0.3 is 0 Å². The molecule has 3 rings (SSSR count). The number of piperazine rings is 1. The number of nitrogens with one attached hydrogen (secondary N) is 1. The highest BCUT2D eigenvalue weighted by molar-refractivity contribution is 14.0. The molecule has 2 heterocycles. The molecule has 10 heteroatoms. The number of hydrogen-bond donors (Lipinski definition) is 1. The zero-order chi connectivity index (χ0) is 20.6. The van der Waals surface area contributed by atoms with Crippen molar-refractivity contribution in [3.05, 3.63) is 28.8 Å². The third-order valence-corrected chi connectivity index (χ3v) is 5.53. The molecule has 0 bridgehead atoms. The van der Waals surface area contributed by atoms with E-state index in [0.717, 1.165) is 43.5 Å². The molecule has 0 spiro atoms. The number of carbonyl (C=O) groups excluding carboxylic acids is 1. The van der Waals surface area contributed by atoms with Crippen LogP contribution < -0.4 is 10.1 Å². The molecule has 0 unspecified atom stereocenters. The zero-order valence-corrected chi connectivity index (χ0v) is 20.7. The largest absolute Gasteiger partial charge is 0.496 e. The van der Waals surface area contributed by atoms with Gasteiger partial charge in [0.1, 0.15) is 5.75 Å². The number of amides is 1. The third-order valence-electron chi connectivity index (χ3n) is 5.29. The van der Waals surface area contributed by atoms with Gasteiger partial charge < -0.3 is 24.6 Å². The minimum Gasteiger partial charge on any atom is -0.496 e. The number of rotatable bonds is 5. The van der Waals surface area contributed by atoms with Crippen molar-refractivity contribution in [3.8, 4) is 5.75 Å². The molecule has 0 aromatic heterocycles. The highest BCUT2D eigenvalue weighted by atomic mass is 127. The van der Waals surface area contributed by atoms with Crippen molar-refractivity contribution in [1.82, 2.24) is 20.0 Å². The topological polar surface area (TPSA) is 69.6 Å². The van der Waals surface area contributed by atoms with Gasteiger partial charge in [0.25, 0.3) is 0 Å². The Labute approximate surface area is 200 Å². The van der Waals surface area contributed by atoms with E-state index in [1.807, 2.05) is 23.1 Å². The summed E-state index contributed by atoms with van der Waals surface area (Å²) in [7, 11) is 3.43. The molecule has 8 nitrogen and oxygen atoms in total. The summed E-state index contributed by atoms with van der Waals surface area (Å²) in [5, 5.41) is 4.05. The summed E-state index contributed by atoms with van der Waals surface area (Å²) in [5.74, 6) is 1.80. The van der Waals surface area contributed by atoms with Crippen LogP contribution in [0.15, 0.2) is 23.2 Å². The van der Waals surface area contributed by atoms with Crippen LogP contribution in [0.1, 0.15) is 5.56 Å². The summed E-state index contributed by atoms with van der Waals surface area (Å²) in [4.78, 5) is 23.2. The standard InChI is InChI=1S/C20H30ClN5O3.HI/c1-22-20(23-14-16-3-4-17(21)13-18(16)28-2)26-7-5-24(6-8-26)15-19(27)25-9-11-29-12-10-25;/h3-4,13H,5-12,14-15H2,1-2H3,(H,22,23);1H. The summed E-state index contributed by atoms with van der Waals surface area (Å²) in [6.07, 6.45) is 0. The Kier molecular flexibility index (Phi) is 10.4. The average Bonchev–Trinajstić information content (AvgIpc) is 2.76. The maximum atomic E-state index is 12.4. The van der Waals surface area contributed by atoms with Gasteiger partial charge in [-0.2, -0.15) is 0 Å². The van der Waals surface area contributed by atoms with Crippen molar-refractivity contribution in [2.75, 3.05) is 73.2 Å². The van der Waals surface area contributed by atoms with Gasteiger partial charge in [-0.15, -0.1) is 24.0 Å². The number of benzene rings is 1. The van der Waals surface area contributed by atoms with Crippen LogP contribution in [0.3, 0.4) is 0 Å². The van der Waals surface area contributed by atoms with E-state index in [-0.39, 0.29) is 29.9 Å². The minimum atomic E-state index is 0. The highest BCUT2D eigenvalue weighted by Crippen LogP contribution is 2.23. The smallest absolute Gasteiger partial charge is 0.236 e. The molecule has 1 amide bonds. The zero-order valence-electron chi connectivity index (χ0n) is 17.6. The molecule has 2 aliphatic rings. The summed E-state index contributed by atoms with van der Waals surface area (Å²) in [6.45, 7) is 7.07. The SMILES string of the molecule is CN=C(NCc1ccc(Cl)cc1OC)N1CCN(CC(=O)N2CCOCC2)CC1.I. The van der Waals surface area contributed by atoms with Crippen LogP contribution in [0.4, 0.5) is 0 Å². The van der Waals surface area contributed by atoms with Crippen molar-refractivity contribution in [2.24, 2.45) is 4.99 Å². The molecule has 0 saturated carbocycles. The maximum Gasteiger partial charge on any atom is 0.236 e. The molecule has 1 aromatic rings. The second-order valence-corrected chi connectivity index (χ2v) is 7.55. The van der Waals surface area contributed by atoms with Gasteiger partial charge in [0, 0.05) is 63.4 Å². The van der Waals surface area contributed by atoms with E-state index in [2.05, 4.69) is 20.1 Å². The molecular weight excluding hydrogens is 521 g/mol. The van der Waals surface area contributed by atoms with Gasteiger partial charge in [0.2, 0.25) is 5.91 Å². The molecule has 0 aliphatic carbocycles. The first-order chi connectivity index (χ1) is 14.1. The van der Waals surface area contributed by atoms with Crippen LogP contribution in [0.5, 0.6) is 5.75 Å². The van der Waals surface area contributed by atoms with Crippen LogP contribution >= 0.6 is 35.6 Å². The van der Waals surface area contributed by atoms with E-state index in [4.69, 9.17) is 21.1 Å². The summed E-state index contributed by atoms with van der Waals surface area (Å²) in [5.41, 5.74) is 1.02. The molecule has 0 atom stereocenters. The molecule has 30 heavy (non-hydrogen) atoms. The molecule has 2 fully saturated rings. The van der Waals surface area contributed by atoms with E-state index in [0.29, 0.717) is 44.4 Å². The Morgan fingerprint density at radius 1 is 1.17 bits per heavy atom. The van der Waals surface area contributed by atoms with Crippen LogP contribution in [0, 0.1) is 0 Å². The number of halogens is 2. The molecule has 168 valence electrons. The van der Waals surface area contributed by atoms with E-state index in [1.165, 1.54) is 0 Å². The van der Waals surface area contributed by atoms with Crippen LogP contribution in [-0.4, -0.2) is 99.8 Å². The highest BCUT2D eigenvalue weighted by Gasteiger charge is 2.24. The van der Waals surface area contributed by atoms with Crippen LogP contribution in [0.2, 0.25) is 5.02 Å². The average molecular weight is 552 g/mol. The Bertz CT molecular complexity index is 722. The number of nitrogens with zero attached hydrogens (tertiary/aromatic N) is 4. The lowest BCUT2D eigenvalue weighted by molar-refractivity contribution is -0.136. The normalized spacial score (nSPS) is 18.0. The monoisotopic (exact) mass is 551 g/mol. The fourth-order valence-electron chi connectivity index (χ4n) is 3.59. The molecule has 2 aliphatic heterocycles. The van der Waals surface area contributed by atoms with Crippen molar-refractivity contribution >= 4 is 47.4 Å². The fourth-order valence-corrected chi connectivity index (χ4v) is 3.75. The Hall–Kier alpha value is -1.30. The lowest BCUT2D eigenvalue weighted by Gasteiger charge is -2.37. The van der Waals surface area contributed by atoms with Crippen molar-refractivity contribution in [1.29, 1.82) is 0 Å². The number of hydrogen-bond acceptors (Lipinski definition) is 5. The van der Waals surface area contributed by atoms with Gasteiger partial charge in [-0.1, -0.05) is 17.7 Å². The number of morpholine rings is 1. The second kappa shape index (κ2) is 12.5. The van der Waals surface area contributed by atoms with Crippen molar-refractivity contribution in [3.63, 3.8) is 0 Å². The molecule has 1 N–H and O–H groups in total. The van der Waals surface area contributed by atoms with E-state index < -0.39 is 0 Å². The number of carbonyl (C=O) groups is 1. The predicted octanol–water partition coefficient (Wildman–Crippen LogP) is 1.52. The van der Waals surface area contributed by atoms with Crippen molar-refractivity contribution < 1.29 is 14.3 Å². The molecular formula is C20H31ClIN5O3. The molecule has 2 saturated heterocycles. The lowest BCUT2D eigenvalue weighted by Crippen LogP contribution is -2.54. The molecule has 0 radical (unpaired) electrons. The fraction of sp³-hybridized carbons (Fsp3) is 0.600. The number of methoxy groups -OCH3 is 1. The van der Waals surface area contributed by atoms with E-state index >= 15 is 0 Å². The number of aliphatic imine (C=N–C) groups is 1. The summed E-state index contributed by atoms with van der Waals surface area (Å²) >= 11 is 6.04. The van der Waals surface area contributed by atoms with Gasteiger partial charge in [-0.05, 0) is 12.1 Å². The van der Waals surface area contributed by atoms with Crippen molar-refractivity contribution in [2.45, 2.75) is 6.54 Å². The number of ether oxygens (including phenoxy) is 2. The number of guanidine groups is 1. The minimum absolute atomic E-state index is 0. The van der Waals surface area contributed by atoms with E-state index in [1.54, 1.807) is 14.2 Å². The molecule has 1 aromatic carbocycles. The summed E-state index contributed by atoms with van der Waals surface area (Å²) in [6, 6.07) is 5.62. The van der Waals surface area contributed by atoms with Crippen LogP contribution in [0.25, 0.3) is 0 Å². The first-order valence-electron chi connectivity index (χ1n) is 9.96. The predicted molar refractivity (Wildman–Crippen MR) is 129 cm³/mol. The first-order valence-corrected chi connectivity index (χ1v) is 10.3. The van der Waals surface area contributed by atoms with Gasteiger partial charge in [-0.3, -0.25) is 14.7 Å².